The number of hydrogen-bond acceptors (Lipinski definition) is 6. The van der Waals surface area contributed by atoms with E-state index in [2.05, 4.69) is 27.4 Å². The zero-order chi connectivity index (χ0) is 22.7. The fraction of sp³-hybridized carbons (Fsp3) is 0.0870. The lowest BCUT2D eigenvalue weighted by molar-refractivity contribution is -0.481. The van der Waals surface area contributed by atoms with E-state index >= 15 is 0 Å². The number of thiocarbonyl (C=S) groups is 1. The minimum Gasteiger partial charge on any atom is -0.423 e. The number of para-hydroxylation sites is 1. The summed E-state index contributed by atoms with van der Waals surface area (Å²) >= 11 is 4.66. The van der Waals surface area contributed by atoms with Gasteiger partial charge in [0.2, 0.25) is 6.54 Å². The molecule has 0 aliphatic carbocycles. The largest absolute Gasteiger partial charge is 0.488 e. The molecule has 7 nitrogen and oxygen atoms in total. The molecule has 0 aliphatic heterocycles. The van der Waals surface area contributed by atoms with Gasteiger partial charge in [0, 0.05) is 15.8 Å². The molecule has 1 unspecified atom stereocenters. The number of rotatable bonds is 7. The Kier molecular flexibility index (Phi) is 6.25. The lowest BCUT2D eigenvalue weighted by Gasteiger charge is -2.17. The van der Waals surface area contributed by atoms with Gasteiger partial charge in [0.1, 0.15) is 0 Å². The van der Waals surface area contributed by atoms with Gasteiger partial charge in [-0.1, -0.05) is 54.6 Å². The van der Waals surface area contributed by atoms with E-state index in [1.165, 1.54) is 0 Å². The number of isothiocyanates is 1. The van der Waals surface area contributed by atoms with Gasteiger partial charge in [-0.2, -0.15) is 4.99 Å². The highest BCUT2D eigenvalue weighted by Crippen LogP contribution is 2.39. The summed E-state index contributed by atoms with van der Waals surface area (Å²) < 4.78 is 0. The van der Waals surface area contributed by atoms with Gasteiger partial charge in [-0.25, -0.2) is 0 Å². The van der Waals surface area contributed by atoms with E-state index in [0.717, 1.165) is 27.7 Å². The third-order valence-corrected chi connectivity index (χ3v) is 5.46. The number of hydrogen-bond donors (Lipinski definition) is 3. The molecular formula is C23H18BN3O4S. The van der Waals surface area contributed by atoms with E-state index in [9.17, 15) is 20.2 Å². The SMILES string of the molecule is O=[N+]([O-])CC(c1cccc(B(O)O)c1)c1c(-c2ccc(N=C=S)cc2)[nH]c2ccccc12. The van der Waals surface area contributed by atoms with Crippen LogP contribution in [0.15, 0.2) is 77.8 Å². The molecule has 0 saturated carbocycles. The second-order valence-corrected chi connectivity index (χ2v) is 7.50. The molecule has 1 aromatic heterocycles. The molecule has 9 heteroatoms. The fourth-order valence-electron chi connectivity index (χ4n) is 3.96. The lowest BCUT2D eigenvalue weighted by Crippen LogP contribution is -2.30. The summed E-state index contributed by atoms with van der Waals surface area (Å²) in [6, 6.07) is 21.6. The summed E-state index contributed by atoms with van der Waals surface area (Å²) in [5.41, 5.74) is 4.78. The molecule has 3 N–H and O–H groups in total. The van der Waals surface area contributed by atoms with Crippen LogP contribution in [0.5, 0.6) is 0 Å². The predicted octanol–water partition coefficient (Wildman–Crippen LogP) is 3.66. The van der Waals surface area contributed by atoms with E-state index in [1.807, 2.05) is 36.4 Å². The maximum Gasteiger partial charge on any atom is 0.488 e. The van der Waals surface area contributed by atoms with Crippen molar-refractivity contribution in [3.05, 3.63) is 94.0 Å². The van der Waals surface area contributed by atoms with Gasteiger partial charge >= 0.3 is 7.12 Å². The molecule has 3 aromatic carbocycles. The number of benzene rings is 3. The van der Waals surface area contributed by atoms with Gasteiger partial charge < -0.3 is 15.0 Å². The summed E-state index contributed by atoms with van der Waals surface area (Å²) in [4.78, 5) is 18.7. The lowest BCUT2D eigenvalue weighted by atomic mass is 9.77. The van der Waals surface area contributed by atoms with Crippen molar-refractivity contribution in [1.29, 1.82) is 0 Å². The number of nitrogens with one attached hydrogen (secondary N) is 1. The van der Waals surface area contributed by atoms with Crippen LogP contribution in [0.4, 0.5) is 5.69 Å². The number of nitrogens with zero attached hydrogens (tertiary/aromatic N) is 2. The number of aromatic nitrogens is 1. The van der Waals surface area contributed by atoms with Crippen molar-refractivity contribution in [2.75, 3.05) is 6.54 Å². The molecular weight excluding hydrogens is 425 g/mol. The molecule has 1 heterocycles. The van der Waals surface area contributed by atoms with Crippen molar-refractivity contribution >= 4 is 46.6 Å². The molecule has 158 valence electrons. The molecule has 4 aromatic rings. The van der Waals surface area contributed by atoms with Crippen molar-refractivity contribution in [3.63, 3.8) is 0 Å². The molecule has 0 aliphatic rings. The van der Waals surface area contributed by atoms with Crippen molar-refractivity contribution in [3.8, 4) is 11.3 Å². The summed E-state index contributed by atoms with van der Waals surface area (Å²) in [5, 5.41) is 34.1. The van der Waals surface area contributed by atoms with E-state index in [-0.39, 0.29) is 16.9 Å². The van der Waals surface area contributed by atoms with Crippen LogP contribution < -0.4 is 5.46 Å². The Morgan fingerprint density at radius 2 is 1.84 bits per heavy atom. The minimum absolute atomic E-state index is 0.277. The Hall–Kier alpha value is -3.62. The topological polar surface area (TPSA) is 112 Å². The normalized spacial score (nSPS) is 11.7. The summed E-state index contributed by atoms with van der Waals surface area (Å²) in [7, 11) is -1.66. The first-order valence-electron chi connectivity index (χ1n) is 9.84. The van der Waals surface area contributed by atoms with Crippen LogP contribution in [-0.2, 0) is 0 Å². The van der Waals surface area contributed by atoms with Crippen LogP contribution in [0.2, 0.25) is 0 Å². The Balaban J connectivity index is 1.95. The third kappa shape index (κ3) is 4.37. The molecule has 0 bridgehead atoms. The first-order chi connectivity index (χ1) is 15.5. The highest BCUT2D eigenvalue weighted by atomic mass is 32.1. The Morgan fingerprint density at radius 3 is 2.53 bits per heavy atom. The monoisotopic (exact) mass is 443 g/mol. The van der Waals surface area contributed by atoms with Crippen molar-refractivity contribution < 1.29 is 15.0 Å². The third-order valence-electron chi connectivity index (χ3n) is 5.37. The van der Waals surface area contributed by atoms with Crippen LogP contribution >= 0.6 is 12.2 Å². The number of aliphatic imine (C=N–C) groups is 1. The van der Waals surface area contributed by atoms with Gasteiger partial charge in [-0.05, 0) is 52.6 Å². The molecule has 0 radical (unpaired) electrons. The van der Waals surface area contributed by atoms with Crippen LogP contribution in [-0.4, -0.2) is 38.8 Å². The van der Waals surface area contributed by atoms with E-state index in [0.29, 0.717) is 11.3 Å². The molecule has 0 saturated heterocycles. The van der Waals surface area contributed by atoms with Crippen LogP contribution in [0.3, 0.4) is 0 Å². The Bertz CT molecular complexity index is 1330. The first-order valence-corrected chi connectivity index (χ1v) is 10.3. The highest BCUT2D eigenvalue weighted by molar-refractivity contribution is 7.78. The van der Waals surface area contributed by atoms with E-state index in [1.54, 1.807) is 36.4 Å². The molecule has 0 fully saturated rings. The van der Waals surface area contributed by atoms with Crippen molar-refractivity contribution in [2.24, 2.45) is 4.99 Å². The molecule has 4 rings (SSSR count). The maximum atomic E-state index is 11.7. The number of aromatic amines is 1. The zero-order valence-corrected chi connectivity index (χ0v) is 17.6. The number of H-pyrrole nitrogens is 1. The predicted molar refractivity (Wildman–Crippen MR) is 128 cm³/mol. The van der Waals surface area contributed by atoms with Gasteiger partial charge in [-0.15, -0.1) is 0 Å². The molecule has 0 amide bonds. The number of fused-ring (bicyclic) bond motifs is 1. The minimum atomic E-state index is -1.66. The smallest absolute Gasteiger partial charge is 0.423 e. The Labute approximate surface area is 189 Å². The summed E-state index contributed by atoms with van der Waals surface area (Å²) in [5.74, 6) is -0.617. The quantitative estimate of drug-likeness (QED) is 0.133. The first kappa shape index (κ1) is 21.6. The van der Waals surface area contributed by atoms with Gasteiger partial charge in [0.25, 0.3) is 0 Å². The standard InChI is InChI=1S/C23H18BN3O4S/c28-24(29)17-5-3-4-16(12-17)20(13-27(30)31)22-19-6-1-2-7-21(19)26-23(22)15-8-10-18(11-9-15)25-14-32/h1-12,20,26,28-29H,13H2. The van der Waals surface area contributed by atoms with E-state index in [4.69, 9.17) is 0 Å². The van der Waals surface area contributed by atoms with Crippen LogP contribution in [0.25, 0.3) is 22.2 Å². The van der Waals surface area contributed by atoms with Crippen LogP contribution in [0.1, 0.15) is 17.0 Å². The average Bonchev–Trinajstić information content (AvgIpc) is 3.17. The Morgan fingerprint density at radius 1 is 1.09 bits per heavy atom. The van der Waals surface area contributed by atoms with Crippen LogP contribution in [0, 0.1) is 10.1 Å². The molecule has 32 heavy (non-hydrogen) atoms. The van der Waals surface area contributed by atoms with Gasteiger partial charge in [-0.3, -0.25) is 10.1 Å². The number of nitro groups is 1. The second-order valence-electron chi connectivity index (χ2n) is 7.32. The maximum absolute atomic E-state index is 11.7. The highest BCUT2D eigenvalue weighted by Gasteiger charge is 2.28. The molecule has 0 spiro atoms. The second kappa shape index (κ2) is 9.26. The molecule has 1 atom stereocenters. The zero-order valence-electron chi connectivity index (χ0n) is 16.8. The van der Waals surface area contributed by atoms with Gasteiger partial charge in [0.05, 0.1) is 22.5 Å². The summed E-state index contributed by atoms with van der Waals surface area (Å²) in [6.07, 6.45) is 0. The van der Waals surface area contributed by atoms with E-state index < -0.39 is 13.0 Å². The summed E-state index contributed by atoms with van der Waals surface area (Å²) in [6.45, 7) is -0.354. The average molecular weight is 443 g/mol. The fourth-order valence-corrected chi connectivity index (χ4v) is 4.06. The van der Waals surface area contributed by atoms with Crippen molar-refractivity contribution in [1.82, 2.24) is 4.98 Å². The van der Waals surface area contributed by atoms with Gasteiger partial charge in [0.15, 0.2) is 0 Å². The van der Waals surface area contributed by atoms with Crippen molar-refractivity contribution in [2.45, 2.75) is 5.92 Å².